The van der Waals surface area contributed by atoms with Gasteiger partial charge in [0.1, 0.15) is 5.52 Å². The highest BCUT2D eigenvalue weighted by molar-refractivity contribution is 5.84. The van der Waals surface area contributed by atoms with E-state index >= 15 is 0 Å². The van der Waals surface area contributed by atoms with E-state index in [1.807, 2.05) is 28.7 Å². The molecule has 0 aliphatic rings. The second-order valence-corrected chi connectivity index (χ2v) is 4.07. The third-order valence-electron chi connectivity index (χ3n) is 2.81. The molecule has 7 nitrogen and oxygen atoms in total. The molecule has 2 heterocycles. The van der Waals surface area contributed by atoms with Crippen molar-refractivity contribution in [1.82, 2.24) is 19.8 Å². The van der Waals surface area contributed by atoms with E-state index in [9.17, 15) is 4.79 Å². The number of carbonyl (C=O) groups is 1. The second-order valence-electron chi connectivity index (χ2n) is 4.07. The quantitative estimate of drug-likeness (QED) is 0.712. The Balaban J connectivity index is 2.00. The summed E-state index contributed by atoms with van der Waals surface area (Å²) in [5.74, 6) is 0.509. The summed E-state index contributed by atoms with van der Waals surface area (Å²) in [5, 5.41) is 0. The van der Waals surface area contributed by atoms with E-state index in [2.05, 4.69) is 20.8 Å². The zero-order valence-corrected chi connectivity index (χ0v) is 10.8. The Morgan fingerprint density at radius 2 is 2.20 bits per heavy atom. The van der Waals surface area contributed by atoms with Gasteiger partial charge in [-0.05, 0) is 19.1 Å². The third-order valence-corrected chi connectivity index (χ3v) is 2.81. The topological polar surface area (TPSA) is 80.5 Å². The van der Waals surface area contributed by atoms with Crippen LogP contribution in [0.4, 0.5) is 10.6 Å². The van der Waals surface area contributed by atoms with E-state index < -0.39 is 6.09 Å². The van der Waals surface area contributed by atoms with Crippen LogP contribution in [0.2, 0.25) is 0 Å². The minimum atomic E-state index is -0.555. The van der Waals surface area contributed by atoms with Crippen molar-refractivity contribution in [3.05, 3.63) is 36.8 Å². The zero-order chi connectivity index (χ0) is 13.9. The van der Waals surface area contributed by atoms with Crippen LogP contribution in [0.3, 0.4) is 0 Å². The lowest BCUT2D eigenvalue weighted by molar-refractivity contribution is 0.154. The summed E-state index contributed by atoms with van der Waals surface area (Å²) in [7, 11) is 0. The van der Waals surface area contributed by atoms with Gasteiger partial charge in [-0.25, -0.2) is 20.2 Å². The number of nitrogens with zero attached hydrogens (tertiary/aromatic N) is 3. The minimum absolute atomic E-state index is 0.306. The number of fused-ring (bicyclic) bond motifs is 3. The second kappa shape index (κ2) is 5.04. The van der Waals surface area contributed by atoms with Gasteiger partial charge in [-0.1, -0.05) is 12.1 Å². The Labute approximate surface area is 114 Å². The Kier molecular flexibility index (Phi) is 3.08. The fourth-order valence-corrected chi connectivity index (χ4v) is 1.97. The molecule has 0 radical (unpaired) electrons. The summed E-state index contributed by atoms with van der Waals surface area (Å²) in [6.45, 7) is 2.05. The van der Waals surface area contributed by atoms with Gasteiger partial charge in [0, 0.05) is 0 Å². The third kappa shape index (κ3) is 2.09. The number of imidazole rings is 1. The SMILES string of the molecule is CCOC(=O)NNc1nc2ccccc2n2cncc12. The molecular weight excluding hydrogens is 258 g/mol. The molecule has 0 spiro atoms. The number of nitrogens with one attached hydrogen (secondary N) is 2. The Morgan fingerprint density at radius 3 is 3.05 bits per heavy atom. The van der Waals surface area contributed by atoms with Gasteiger partial charge in [-0.3, -0.25) is 9.83 Å². The van der Waals surface area contributed by atoms with E-state index in [-0.39, 0.29) is 0 Å². The van der Waals surface area contributed by atoms with Crippen molar-refractivity contribution < 1.29 is 9.53 Å². The minimum Gasteiger partial charge on any atom is -0.449 e. The maximum Gasteiger partial charge on any atom is 0.425 e. The molecule has 2 N–H and O–H groups in total. The fraction of sp³-hybridized carbons (Fsp3) is 0.154. The number of rotatable bonds is 3. The van der Waals surface area contributed by atoms with Crippen LogP contribution in [0.1, 0.15) is 6.92 Å². The molecule has 0 aliphatic heterocycles. The van der Waals surface area contributed by atoms with Crippen LogP contribution in [-0.4, -0.2) is 27.1 Å². The molecule has 2 aromatic heterocycles. The molecule has 3 aromatic rings. The number of anilines is 1. The van der Waals surface area contributed by atoms with Crippen LogP contribution in [0, 0.1) is 0 Å². The van der Waals surface area contributed by atoms with E-state index in [0.29, 0.717) is 12.4 Å². The highest BCUT2D eigenvalue weighted by Gasteiger charge is 2.09. The summed E-state index contributed by atoms with van der Waals surface area (Å²) in [4.78, 5) is 19.9. The average Bonchev–Trinajstić information content (AvgIpc) is 2.95. The first kappa shape index (κ1) is 12.2. The molecule has 0 unspecified atom stereocenters. The number of para-hydroxylation sites is 2. The number of hydrogen-bond acceptors (Lipinski definition) is 5. The summed E-state index contributed by atoms with van der Waals surface area (Å²) in [6, 6.07) is 7.69. The smallest absolute Gasteiger partial charge is 0.425 e. The van der Waals surface area contributed by atoms with E-state index in [1.165, 1.54) is 0 Å². The first-order valence-electron chi connectivity index (χ1n) is 6.19. The maximum atomic E-state index is 11.3. The fourth-order valence-electron chi connectivity index (χ4n) is 1.97. The first-order chi connectivity index (χ1) is 9.79. The molecule has 0 fully saturated rings. The lowest BCUT2D eigenvalue weighted by Crippen LogP contribution is -2.30. The molecule has 0 aliphatic carbocycles. The van der Waals surface area contributed by atoms with Crippen molar-refractivity contribution in [3.8, 4) is 0 Å². The molecule has 0 bridgehead atoms. The van der Waals surface area contributed by atoms with Gasteiger partial charge in [0.15, 0.2) is 5.82 Å². The van der Waals surface area contributed by atoms with Gasteiger partial charge in [-0.2, -0.15) is 0 Å². The van der Waals surface area contributed by atoms with Gasteiger partial charge < -0.3 is 4.74 Å². The van der Waals surface area contributed by atoms with E-state index in [1.54, 1.807) is 19.4 Å². The van der Waals surface area contributed by atoms with Gasteiger partial charge in [0.25, 0.3) is 0 Å². The Bertz CT molecular complexity index is 768. The Hall–Kier alpha value is -2.83. The van der Waals surface area contributed by atoms with Crippen molar-refractivity contribution in [1.29, 1.82) is 0 Å². The van der Waals surface area contributed by atoms with Gasteiger partial charge >= 0.3 is 6.09 Å². The highest BCUT2D eigenvalue weighted by atomic mass is 16.5. The van der Waals surface area contributed by atoms with Crippen molar-refractivity contribution in [2.75, 3.05) is 12.0 Å². The standard InChI is InChI=1S/C13H13N5O2/c1-2-20-13(19)17-16-12-11-7-14-8-18(11)10-6-4-3-5-9(10)15-12/h3-8H,2H2,1H3,(H,15,16)(H,17,19). The van der Waals surface area contributed by atoms with Crippen molar-refractivity contribution in [3.63, 3.8) is 0 Å². The maximum absolute atomic E-state index is 11.3. The molecule has 7 heteroatoms. The number of aromatic nitrogens is 3. The van der Waals surface area contributed by atoms with Crippen LogP contribution in [0.25, 0.3) is 16.6 Å². The summed E-state index contributed by atoms with van der Waals surface area (Å²) in [5.41, 5.74) is 7.69. The summed E-state index contributed by atoms with van der Waals surface area (Å²) in [6.07, 6.45) is 2.82. The van der Waals surface area contributed by atoms with Crippen LogP contribution in [0.5, 0.6) is 0 Å². The zero-order valence-electron chi connectivity index (χ0n) is 10.8. The number of amides is 1. The lowest BCUT2D eigenvalue weighted by atomic mass is 10.3. The van der Waals surface area contributed by atoms with Crippen LogP contribution < -0.4 is 10.9 Å². The summed E-state index contributed by atoms with van der Waals surface area (Å²) >= 11 is 0. The number of hydrazine groups is 1. The van der Waals surface area contributed by atoms with Gasteiger partial charge in [-0.15, -0.1) is 0 Å². The molecule has 20 heavy (non-hydrogen) atoms. The number of hydrogen-bond donors (Lipinski definition) is 2. The monoisotopic (exact) mass is 271 g/mol. The molecule has 1 amide bonds. The van der Waals surface area contributed by atoms with E-state index in [0.717, 1.165) is 16.6 Å². The van der Waals surface area contributed by atoms with Crippen LogP contribution in [0.15, 0.2) is 36.8 Å². The normalized spacial score (nSPS) is 10.7. The molecule has 0 atom stereocenters. The van der Waals surface area contributed by atoms with Gasteiger partial charge in [0.05, 0.1) is 30.2 Å². The summed E-state index contributed by atoms with van der Waals surface area (Å²) < 4.78 is 6.68. The van der Waals surface area contributed by atoms with Crippen LogP contribution >= 0.6 is 0 Å². The van der Waals surface area contributed by atoms with Gasteiger partial charge in [0.2, 0.25) is 0 Å². The molecule has 1 aromatic carbocycles. The highest BCUT2D eigenvalue weighted by Crippen LogP contribution is 2.20. The molecule has 3 rings (SSSR count). The van der Waals surface area contributed by atoms with Crippen LogP contribution in [-0.2, 0) is 4.74 Å². The number of benzene rings is 1. The number of carbonyl (C=O) groups excluding carboxylic acids is 1. The largest absolute Gasteiger partial charge is 0.449 e. The van der Waals surface area contributed by atoms with Crippen molar-refractivity contribution >= 4 is 28.5 Å². The number of ether oxygens (including phenoxy) is 1. The van der Waals surface area contributed by atoms with Crippen molar-refractivity contribution in [2.24, 2.45) is 0 Å². The molecular formula is C13H13N5O2. The predicted octanol–water partition coefficient (Wildman–Crippen LogP) is 1.96. The lowest BCUT2D eigenvalue weighted by Gasteiger charge is -2.10. The Morgan fingerprint density at radius 1 is 1.35 bits per heavy atom. The molecule has 0 saturated carbocycles. The molecule has 102 valence electrons. The molecule has 0 saturated heterocycles. The predicted molar refractivity (Wildman–Crippen MR) is 74.3 cm³/mol. The van der Waals surface area contributed by atoms with Crippen molar-refractivity contribution in [2.45, 2.75) is 6.92 Å². The average molecular weight is 271 g/mol. The first-order valence-corrected chi connectivity index (χ1v) is 6.19. The van der Waals surface area contributed by atoms with E-state index in [4.69, 9.17) is 4.74 Å².